The summed E-state index contributed by atoms with van der Waals surface area (Å²) in [5.41, 5.74) is 0.408. The van der Waals surface area contributed by atoms with E-state index < -0.39 is 0 Å². The molecule has 0 aromatic rings. The molecule has 1 atom stereocenters. The minimum absolute atomic E-state index is 0.408. The average molecular weight is 199 g/mol. The minimum atomic E-state index is 0.408. The summed E-state index contributed by atoms with van der Waals surface area (Å²) in [6.07, 6.45) is 5.04. The topological polar surface area (TPSA) is 3.24 Å². The lowest BCUT2D eigenvalue weighted by atomic mass is 9.91. The van der Waals surface area contributed by atoms with Crippen molar-refractivity contribution in [2.45, 2.75) is 78.8 Å². The first-order valence-corrected chi connectivity index (χ1v) is 6.32. The van der Waals surface area contributed by atoms with Gasteiger partial charge in [-0.05, 0) is 46.1 Å². The van der Waals surface area contributed by atoms with E-state index in [1.807, 2.05) is 0 Å². The van der Waals surface area contributed by atoms with Gasteiger partial charge in [0, 0.05) is 11.6 Å². The summed E-state index contributed by atoms with van der Waals surface area (Å²) in [6.45, 7) is 15.2. The van der Waals surface area contributed by atoms with Crippen molar-refractivity contribution in [3.63, 3.8) is 0 Å². The molecule has 0 aromatic carbocycles. The van der Waals surface area contributed by atoms with Crippen LogP contribution in [0.4, 0.5) is 0 Å². The van der Waals surface area contributed by atoms with Gasteiger partial charge in [-0.25, -0.2) is 0 Å². The van der Waals surface area contributed by atoms with E-state index in [1.165, 1.54) is 32.2 Å². The van der Waals surface area contributed by atoms with Gasteiger partial charge in [0.25, 0.3) is 0 Å². The van der Waals surface area contributed by atoms with Crippen molar-refractivity contribution >= 4 is 0 Å². The molecule has 86 valence electrons. The zero-order valence-corrected chi connectivity index (χ0v) is 11.1. The SMILES string of the molecule is CCCN(C(C)CC)C(C)(CC)CC. The summed E-state index contributed by atoms with van der Waals surface area (Å²) in [4.78, 5) is 2.70. The van der Waals surface area contributed by atoms with E-state index in [4.69, 9.17) is 0 Å². The third-order valence-corrected chi connectivity index (χ3v) is 3.80. The third kappa shape index (κ3) is 3.27. The second-order valence-corrected chi connectivity index (χ2v) is 4.65. The van der Waals surface area contributed by atoms with Crippen LogP contribution in [0.2, 0.25) is 0 Å². The smallest absolute Gasteiger partial charge is 0.0179 e. The monoisotopic (exact) mass is 199 g/mol. The van der Waals surface area contributed by atoms with E-state index in [1.54, 1.807) is 0 Å². The molecule has 1 nitrogen and oxygen atoms in total. The molecular weight excluding hydrogens is 170 g/mol. The average Bonchev–Trinajstić information content (AvgIpc) is 2.23. The maximum Gasteiger partial charge on any atom is 0.0179 e. The van der Waals surface area contributed by atoms with Crippen LogP contribution < -0.4 is 0 Å². The van der Waals surface area contributed by atoms with Crippen molar-refractivity contribution in [1.29, 1.82) is 0 Å². The van der Waals surface area contributed by atoms with Gasteiger partial charge >= 0.3 is 0 Å². The first-order valence-electron chi connectivity index (χ1n) is 6.32. The fourth-order valence-electron chi connectivity index (χ4n) is 2.14. The van der Waals surface area contributed by atoms with Crippen LogP contribution in [0, 0.1) is 0 Å². The van der Waals surface area contributed by atoms with Gasteiger partial charge in [-0.3, -0.25) is 4.90 Å². The molecule has 14 heavy (non-hydrogen) atoms. The Kier molecular flexibility index (Phi) is 6.43. The van der Waals surface area contributed by atoms with E-state index in [9.17, 15) is 0 Å². The van der Waals surface area contributed by atoms with Crippen molar-refractivity contribution in [1.82, 2.24) is 4.90 Å². The Morgan fingerprint density at radius 2 is 1.57 bits per heavy atom. The van der Waals surface area contributed by atoms with Crippen molar-refractivity contribution < 1.29 is 0 Å². The quantitative estimate of drug-likeness (QED) is 0.597. The molecule has 0 N–H and O–H groups in total. The zero-order valence-electron chi connectivity index (χ0n) is 11.1. The summed E-state index contributed by atoms with van der Waals surface area (Å²) in [7, 11) is 0. The van der Waals surface area contributed by atoms with E-state index in [2.05, 4.69) is 46.4 Å². The van der Waals surface area contributed by atoms with Crippen LogP contribution in [-0.4, -0.2) is 23.0 Å². The van der Waals surface area contributed by atoms with E-state index >= 15 is 0 Å². The number of nitrogens with zero attached hydrogens (tertiary/aromatic N) is 1. The molecule has 0 amide bonds. The highest BCUT2D eigenvalue weighted by Crippen LogP contribution is 2.26. The van der Waals surface area contributed by atoms with Gasteiger partial charge in [0.2, 0.25) is 0 Å². The lowest BCUT2D eigenvalue weighted by Crippen LogP contribution is -2.50. The normalized spacial score (nSPS) is 14.8. The van der Waals surface area contributed by atoms with Crippen molar-refractivity contribution in [3.05, 3.63) is 0 Å². The number of hydrogen-bond acceptors (Lipinski definition) is 1. The fraction of sp³-hybridized carbons (Fsp3) is 1.00. The molecule has 0 aliphatic carbocycles. The Morgan fingerprint density at radius 3 is 1.86 bits per heavy atom. The molecule has 0 bridgehead atoms. The largest absolute Gasteiger partial charge is 0.295 e. The molecular formula is C13H29N. The fourth-order valence-corrected chi connectivity index (χ4v) is 2.14. The van der Waals surface area contributed by atoms with Crippen LogP contribution in [0.25, 0.3) is 0 Å². The van der Waals surface area contributed by atoms with Gasteiger partial charge in [0.15, 0.2) is 0 Å². The first kappa shape index (κ1) is 14.0. The lowest BCUT2D eigenvalue weighted by Gasteiger charge is -2.44. The van der Waals surface area contributed by atoms with E-state index in [0.717, 1.165) is 6.04 Å². The molecule has 0 spiro atoms. The standard InChI is InChI=1S/C13H29N/c1-7-11-14(12(5)8-2)13(6,9-3)10-4/h12H,7-11H2,1-6H3. The van der Waals surface area contributed by atoms with Gasteiger partial charge in [-0.2, -0.15) is 0 Å². The molecule has 0 aromatic heterocycles. The van der Waals surface area contributed by atoms with Crippen LogP contribution in [0.15, 0.2) is 0 Å². The summed E-state index contributed by atoms with van der Waals surface area (Å²) in [6, 6.07) is 0.722. The Morgan fingerprint density at radius 1 is 1.07 bits per heavy atom. The van der Waals surface area contributed by atoms with Crippen LogP contribution in [0.3, 0.4) is 0 Å². The van der Waals surface area contributed by atoms with Gasteiger partial charge in [-0.1, -0.05) is 27.7 Å². The highest BCUT2D eigenvalue weighted by atomic mass is 15.2. The lowest BCUT2D eigenvalue weighted by molar-refractivity contribution is 0.0532. The van der Waals surface area contributed by atoms with Crippen LogP contribution in [-0.2, 0) is 0 Å². The molecule has 0 radical (unpaired) electrons. The highest BCUT2D eigenvalue weighted by molar-refractivity contribution is 4.86. The van der Waals surface area contributed by atoms with Gasteiger partial charge in [0.05, 0.1) is 0 Å². The number of rotatable bonds is 7. The Balaban J connectivity index is 4.59. The molecule has 0 aliphatic rings. The Hall–Kier alpha value is -0.0400. The van der Waals surface area contributed by atoms with Crippen molar-refractivity contribution in [2.24, 2.45) is 0 Å². The molecule has 1 heteroatoms. The maximum atomic E-state index is 2.70. The van der Waals surface area contributed by atoms with Crippen molar-refractivity contribution in [3.8, 4) is 0 Å². The van der Waals surface area contributed by atoms with Gasteiger partial charge < -0.3 is 0 Å². The summed E-state index contributed by atoms with van der Waals surface area (Å²) in [5, 5.41) is 0. The third-order valence-electron chi connectivity index (χ3n) is 3.80. The zero-order chi connectivity index (χ0) is 11.2. The Labute approximate surface area is 90.9 Å². The molecule has 0 aliphatic heterocycles. The van der Waals surface area contributed by atoms with Crippen molar-refractivity contribution in [2.75, 3.05) is 6.54 Å². The Bertz CT molecular complexity index is 138. The summed E-state index contributed by atoms with van der Waals surface area (Å²) >= 11 is 0. The van der Waals surface area contributed by atoms with Gasteiger partial charge in [-0.15, -0.1) is 0 Å². The predicted molar refractivity (Wildman–Crippen MR) is 65.7 cm³/mol. The predicted octanol–water partition coefficient (Wildman–Crippen LogP) is 4.08. The van der Waals surface area contributed by atoms with Crippen LogP contribution in [0.5, 0.6) is 0 Å². The second-order valence-electron chi connectivity index (χ2n) is 4.65. The molecule has 0 fully saturated rings. The summed E-state index contributed by atoms with van der Waals surface area (Å²) < 4.78 is 0. The summed E-state index contributed by atoms with van der Waals surface area (Å²) in [5.74, 6) is 0. The second kappa shape index (κ2) is 6.44. The number of hydrogen-bond donors (Lipinski definition) is 0. The molecule has 0 saturated carbocycles. The molecule has 0 rings (SSSR count). The highest BCUT2D eigenvalue weighted by Gasteiger charge is 2.30. The van der Waals surface area contributed by atoms with Crippen LogP contribution >= 0.6 is 0 Å². The maximum absolute atomic E-state index is 2.70. The molecule has 0 heterocycles. The minimum Gasteiger partial charge on any atom is -0.295 e. The molecule has 1 unspecified atom stereocenters. The van der Waals surface area contributed by atoms with Gasteiger partial charge in [0.1, 0.15) is 0 Å². The van der Waals surface area contributed by atoms with E-state index in [0.29, 0.717) is 5.54 Å². The van der Waals surface area contributed by atoms with Crippen LogP contribution in [0.1, 0.15) is 67.2 Å². The van der Waals surface area contributed by atoms with E-state index in [-0.39, 0.29) is 0 Å². The molecule has 0 saturated heterocycles. The first-order chi connectivity index (χ1) is 6.55.